The van der Waals surface area contributed by atoms with Gasteiger partial charge in [-0.25, -0.2) is 4.79 Å². The van der Waals surface area contributed by atoms with Crippen molar-refractivity contribution < 1.29 is 33.5 Å². The summed E-state index contributed by atoms with van der Waals surface area (Å²) < 4.78 is 9.85. The largest absolute Gasteiger partial charge is 0.477 e. The van der Waals surface area contributed by atoms with E-state index in [1.807, 2.05) is 0 Å². The highest BCUT2D eigenvalue weighted by Gasteiger charge is 2.54. The molecule has 11 nitrogen and oxygen atoms in total. The van der Waals surface area contributed by atoms with Gasteiger partial charge in [-0.15, -0.1) is 11.8 Å². The predicted octanol–water partition coefficient (Wildman–Crippen LogP) is -0.217. The molecule has 0 radical (unpaired) electrons. The summed E-state index contributed by atoms with van der Waals surface area (Å²) in [6.07, 6.45) is 0. The van der Waals surface area contributed by atoms with E-state index in [9.17, 15) is 24.3 Å². The number of carboxylic acid groups (broad SMARTS) is 1. The first-order valence-electron chi connectivity index (χ1n) is 8.34. The predicted molar refractivity (Wildman–Crippen MR) is 93.8 cm³/mol. The number of carbonyl (C=O) groups is 4. The minimum atomic E-state index is -1.29. The van der Waals surface area contributed by atoms with E-state index < -0.39 is 41.1 Å². The first-order chi connectivity index (χ1) is 13.2. The summed E-state index contributed by atoms with van der Waals surface area (Å²) >= 11 is 1.29. The lowest BCUT2D eigenvalue weighted by molar-refractivity contribution is -0.151. The molecule has 2 unspecified atom stereocenters. The molecule has 150 valence electrons. The molecule has 0 aliphatic carbocycles. The molecule has 1 aromatic heterocycles. The number of carboxylic acids is 1. The molecule has 0 saturated carbocycles. The lowest BCUT2D eigenvalue weighted by Crippen LogP contribution is -2.70. The van der Waals surface area contributed by atoms with Crippen LogP contribution >= 0.6 is 11.8 Å². The van der Waals surface area contributed by atoms with Gasteiger partial charge in [0.15, 0.2) is 5.82 Å². The van der Waals surface area contributed by atoms with Crippen LogP contribution in [-0.2, 0) is 23.9 Å². The van der Waals surface area contributed by atoms with Crippen LogP contribution < -0.4 is 5.32 Å². The van der Waals surface area contributed by atoms with Gasteiger partial charge in [0, 0.05) is 18.2 Å². The molecule has 1 saturated heterocycles. The van der Waals surface area contributed by atoms with Crippen LogP contribution in [0.5, 0.6) is 0 Å². The number of nitrogens with one attached hydrogen (secondary N) is 1. The molecule has 0 spiro atoms. The molecule has 1 aromatic rings. The number of aryl methyl sites for hydroxylation is 1. The smallest absolute Gasteiger partial charge is 0.352 e. The van der Waals surface area contributed by atoms with Crippen LogP contribution in [0.2, 0.25) is 0 Å². The van der Waals surface area contributed by atoms with Gasteiger partial charge in [-0.2, -0.15) is 4.98 Å². The normalized spacial score (nSPS) is 22.2. The number of hydrogen-bond acceptors (Lipinski definition) is 9. The van der Waals surface area contributed by atoms with Gasteiger partial charge < -0.3 is 19.7 Å². The Morgan fingerprint density at radius 2 is 2.18 bits per heavy atom. The summed E-state index contributed by atoms with van der Waals surface area (Å²) in [5, 5.41) is 15.2. The molecule has 0 aromatic carbocycles. The van der Waals surface area contributed by atoms with Gasteiger partial charge in [0.25, 0.3) is 5.91 Å². The Bertz CT molecular complexity index is 880. The lowest BCUT2D eigenvalue weighted by Gasteiger charge is -2.49. The molecule has 1 fully saturated rings. The van der Waals surface area contributed by atoms with Gasteiger partial charge in [0.1, 0.15) is 29.6 Å². The number of hydrogen-bond donors (Lipinski definition) is 2. The Balaban J connectivity index is 1.72. The standard InChI is InChI=1S/C16H18N4O7S/c1-6(13-17-7(2)19-27-13)12(22)18-10-14(23)20-11(16(24)25)9(4-26-8(3)21)5-28-15(10)20/h6,10,15H,4-5H2,1-3H3,(H,18,22)(H,24,25)/t6?,10?,15-/m1/s1. The van der Waals surface area contributed by atoms with E-state index in [4.69, 9.17) is 9.26 Å². The summed E-state index contributed by atoms with van der Waals surface area (Å²) in [6, 6.07) is -0.867. The number of thioether (sulfide) groups is 1. The monoisotopic (exact) mass is 410 g/mol. The highest BCUT2D eigenvalue weighted by Crippen LogP contribution is 2.40. The van der Waals surface area contributed by atoms with Crippen molar-refractivity contribution >= 4 is 35.5 Å². The summed E-state index contributed by atoms with van der Waals surface area (Å²) in [5.41, 5.74) is 0.123. The van der Waals surface area contributed by atoms with Crippen molar-refractivity contribution in [3.8, 4) is 0 Å². The Kier molecular flexibility index (Phi) is 5.40. The zero-order chi connectivity index (χ0) is 20.6. The molecular weight excluding hydrogens is 392 g/mol. The van der Waals surface area contributed by atoms with Crippen LogP contribution in [0.4, 0.5) is 0 Å². The SMILES string of the molecule is CC(=O)OCC1=C(C(=O)O)N2C(=O)C(NC(=O)C(C)c3nc(C)no3)[C@H]2SC1. The second-order valence-corrected chi connectivity index (χ2v) is 7.44. The highest BCUT2D eigenvalue weighted by molar-refractivity contribution is 8.00. The second-order valence-electron chi connectivity index (χ2n) is 6.34. The molecule has 3 atom stereocenters. The number of aliphatic carboxylic acids is 1. The molecule has 2 amide bonds. The molecular formula is C16H18N4O7S. The lowest BCUT2D eigenvalue weighted by atomic mass is 10.0. The number of nitrogens with zero attached hydrogens (tertiary/aromatic N) is 3. The third kappa shape index (κ3) is 3.59. The number of ether oxygens (including phenoxy) is 1. The van der Waals surface area contributed by atoms with Gasteiger partial charge in [-0.1, -0.05) is 5.16 Å². The fourth-order valence-corrected chi connectivity index (χ4v) is 4.19. The van der Waals surface area contributed by atoms with Crippen molar-refractivity contribution in [1.82, 2.24) is 20.4 Å². The molecule has 3 rings (SSSR count). The minimum Gasteiger partial charge on any atom is -0.477 e. The number of esters is 1. The van der Waals surface area contributed by atoms with Crippen LogP contribution in [0, 0.1) is 6.92 Å². The van der Waals surface area contributed by atoms with E-state index in [1.165, 1.54) is 18.7 Å². The van der Waals surface area contributed by atoms with Crippen molar-refractivity contribution in [2.24, 2.45) is 0 Å². The van der Waals surface area contributed by atoms with Crippen molar-refractivity contribution in [3.05, 3.63) is 23.0 Å². The molecule has 3 heterocycles. The van der Waals surface area contributed by atoms with E-state index >= 15 is 0 Å². The second kappa shape index (κ2) is 7.62. The summed E-state index contributed by atoms with van der Waals surface area (Å²) in [6.45, 7) is 4.20. The number of aromatic nitrogens is 2. The summed E-state index contributed by atoms with van der Waals surface area (Å²) in [7, 11) is 0. The fourth-order valence-electron chi connectivity index (χ4n) is 2.86. The molecule has 28 heavy (non-hydrogen) atoms. The zero-order valence-electron chi connectivity index (χ0n) is 15.3. The van der Waals surface area contributed by atoms with Gasteiger partial charge in [0.05, 0.1) is 0 Å². The molecule has 0 bridgehead atoms. The number of fused-ring (bicyclic) bond motifs is 1. The van der Waals surface area contributed by atoms with Crippen LogP contribution in [0.3, 0.4) is 0 Å². The van der Waals surface area contributed by atoms with Crippen LogP contribution in [0.15, 0.2) is 15.8 Å². The van der Waals surface area contributed by atoms with Gasteiger partial charge in [-0.3, -0.25) is 19.3 Å². The van der Waals surface area contributed by atoms with Gasteiger partial charge >= 0.3 is 11.9 Å². The Morgan fingerprint density at radius 3 is 2.75 bits per heavy atom. The van der Waals surface area contributed by atoms with Crippen molar-refractivity contribution in [1.29, 1.82) is 0 Å². The minimum absolute atomic E-state index is 0.129. The van der Waals surface area contributed by atoms with Crippen LogP contribution in [-0.4, -0.2) is 67.7 Å². The first kappa shape index (κ1) is 19.9. The van der Waals surface area contributed by atoms with E-state index in [-0.39, 0.29) is 23.9 Å². The van der Waals surface area contributed by atoms with Crippen LogP contribution in [0.25, 0.3) is 0 Å². The Morgan fingerprint density at radius 1 is 1.46 bits per heavy atom. The van der Waals surface area contributed by atoms with E-state index in [0.29, 0.717) is 11.4 Å². The molecule has 2 aliphatic heterocycles. The highest BCUT2D eigenvalue weighted by atomic mass is 32.2. The van der Waals surface area contributed by atoms with Gasteiger partial charge in [0.2, 0.25) is 11.8 Å². The number of β-lactam (4-membered cyclic amide) rings is 1. The summed E-state index contributed by atoms with van der Waals surface area (Å²) in [5.74, 6) is -2.84. The van der Waals surface area contributed by atoms with Gasteiger partial charge in [-0.05, 0) is 13.8 Å². The number of rotatable bonds is 6. The zero-order valence-corrected chi connectivity index (χ0v) is 16.1. The summed E-state index contributed by atoms with van der Waals surface area (Å²) in [4.78, 5) is 52.7. The third-order valence-corrected chi connectivity index (χ3v) is 5.64. The number of carbonyl (C=O) groups excluding carboxylic acids is 3. The molecule has 2 N–H and O–H groups in total. The van der Waals surface area contributed by atoms with E-state index in [1.54, 1.807) is 13.8 Å². The maximum atomic E-state index is 12.5. The average molecular weight is 410 g/mol. The Labute approximate surface area is 163 Å². The maximum absolute atomic E-state index is 12.5. The topological polar surface area (TPSA) is 152 Å². The number of amides is 2. The van der Waals surface area contributed by atoms with Crippen molar-refractivity contribution in [2.45, 2.75) is 38.1 Å². The van der Waals surface area contributed by atoms with Crippen molar-refractivity contribution in [3.63, 3.8) is 0 Å². The van der Waals surface area contributed by atoms with Crippen molar-refractivity contribution in [2.75, 3.05) is 12.4 Å². The average Bonchev–Trinajstić information content (AvgIpc) is 3.08. The quantitative estimate of drug-likeness (QED) is 0.475. The first-order valence-corrected chi connectivity index (χ1v) is 9.39. The molecule has 12 heteroatoms. The molecule has 2 aliphatic rings. The Hall–Kier alpha value is -2.89. The maximum Gasteiger partial charge on any atom is 0.352 e. The van der Waals surface area contributed by atoms with E-state index in [0.717, 1.165) is 4.90 Å². The third-order valence-electron chi connectivity index (χ3n) is 4.30. The van der Waals surface area contributed by atoms with E-state index in [2.05, 4.69) is 15.5 Å². The van der Waals surface area contributed by atoms with Crippen LogP contribution in [0.1, 0.15) is 31.5 Å². The fraction of sp³-hybridized carbons (Fsp3) is 0.500.